The van der Waals surface area contributed by atoms with Gasteiger partial charge in [-0.2, -0.15) is 0 Å². The third-order valence-electron chi connectivity index (χ3n) is 5.69. The lowest BCUT2D eigenvalue weighted by atomic mass is 9.98. The van der Waals surface area contributed by atoms with Gasteiger partial charge in [0.25, 0.3) is 5.91 Å². The van der Waals surface area contributed by atoms with Gasteiger partial charge in [-0.3, -0.25) is 4.79 Å². The van der Waals surface area contributed by atoms with Crippen molar-refractivity contribution in [2.45, 2.75) is 25.7 Å². The number of aromatic nitrogens is 3. The topological polar surface area (TPSA) is 72.1 Å². The fourth-order valence-corrected chi connectivity index (χ4v) is 4.77. The van der Waals surface area contributed by atoms with Crippen molar-refractivity contribution in [3.63, 3.8) is 0 Å². The molecule has 0 bridgehead atoms. The number of nitrogens with zero attached hydrogens (tertiary/aromatic N) is 4. The standard InChI is InChI=1S/C24H22N4O2S/c1-16-5-2-3-7-20(16)22-27-26-21(30-22)17-8-10-18(11-9-17)24(29)28-13-4-6-19(15-28)23-25-12-14-31-23/h2-3,5,7-12,14,19H,4,6,13,15H2,1H3. The molecule has 2 aromatic carbocycles. The highest BCUT2D eigenvalue weighted by Crippen LogP contribution is 2.30. The number of hydrogen-bond donors (Lipinski definition) is 0. The molecule has 2 aromatic heterocycles. The van der Waals surface area contributed by atoms with Gasteiger partial charge < -0.3 is 9.32 Å². The van der Waals surface area contributed by atoms with Gasteiger partial charge in [0.2, 0.25) is 11.8 Å². The van der Waals surface area contributed by atoms with Crippen molar-refractivity contribution in [2.24, 2.45) is 0 Å². The van der Waals surface area contributed by atoms with E-state index in [1.165, 1.54) is 0 Å². The van der Waals surface area contributed by atoms with Gasteiger partial charge in [-0.05, 0) is 55.7 Å². The monoisotopic (exact) mass is 430 g/mol. The van der Waals surface area contributed by atoms with Crippen molar-refractivity contribution in [1.29, 1.82) is 0 Å². The number of aryl methyl sites for hydroxylation is 1. The highest BCUT2D eigenvalue weighted by molar-refractivity contribution is 7.09. The van der Waals surface area contributed by atoms with Crippen LogP contribution in [0.1, 0.15) is 39.7 Å². The first-order valence-electron chi connectivity index (χ1n) is 10.4. The van der Waals surface area contributed by atoms with Crippen LogP contribution in [0, 0.1) is 6.92 Å². The molecule has 0 N–H and O–H groups in total. The summed E-state index contributed by atoms with van der Waals surface area (Å²) in [7, 11) is 0. The smallest absolute Gasteiger partial charge is 0.253 e. The number of piperidine rings is 1. The van der Waals surface area contributed by atoms with Crippen molar-refractivity contribution in [2.75, 3.05) is 13.1 Å². The molecule has 7 heteroatoms. The number of benzene rings is 2. The van der Waals surface area contributed by atoms with Crippen LogP contribution >= 0.6 is 11.3 Å². The first-order valence-corrected chi connectivity index (χ1v) is 11.3. The van der Waals surface area contributed by atoms with Gasteiger partial charge in [0.15, 0.2) is 0 Å². The van der Waals surface area contributed by atoms with Crippen molar-refractivity contribution in [1.82, 2.24) is 20.1 Å². The Morgan fingerprint density at radius 1 is 1.10 bits per heavy atom. The second-order valence-electron chi connectivity index (χ2n) is 7.77. The first kappa shape index (κ1) is 19.6. The molecule has 1 aliphatic heterocycles. The molecule has 1 amide bonds. The molecule has 0 spiro atoms. The lowest BCUT2D eigenvalue weighted by molar-refractivity contribution is 0.0707. The summed E-state index contributed by atoms with van der Waals surface area (Å²) >= 11 is 1.67. The Labute approximate surface area is 184 Å². The van der Waals surface area contributed by atoms with E-state index in [1.807, 2.05) is 71.9 Å². The summed E-state index contributed by atoms with van der Waals surface area (Å²) in [4.78, 5) is 19.4. The molecule has 0 aliphatic carbocycles. The summed E-state index contributed by atoms with van der Waals surface area (Å²) in [6.45, 7) is 3.52. The average molecular weight is 431 g/mol. The summed E-state index contributed by atoms with van der Waals surface area (Å²) < 4.78 is 5.89. The molecule has 1 saturated heterocycles. The van der Waals surface area contributed by atoms with Gasteiger partial charge in [0.05, 0.1) is 5.01 Å². The Morgan fingerprint density at radius 3 is 2.68 bits per heavy atom. The van der Waals surface area contributed by atoms with Crippen LogP contribution in [0.3, 0.4) is 0 Å². The summed E-state index contributed by atoms with van der Waals surface area (Å²) in [5.74, 6) is 1.32. The number of likely N-dealkylation sites (tertiary alicyclic amines) is 1. The molecule has 5 rings (SSSR count). The van der Waals surface area contributed by atoms with Gasteiger partial charge >= 0.3 is 0 Å². The maximum absolute atomic E-state index is 13.0. The molecule has 1 atom stereocenters. The van der Waals surface area contributed by atoms with Crippen LogP contribution in [0.2, 0.25) is 0 Å². The van der Waals surface area contributed by atoms with Crippen LogP contribution < -0.4 is 0 Å². The van der Waals surface area contributed by atoms with E-state index in [0.29, 0.717) is 23.3 Å². The van der Waals surface area contributed by atoms with Crippen LogP contribution in [0.25, 0.3) is 22.9 Å². The normalized spacial score (nSPS) is 16.4. The van der Waals surface area contributed by atoms with Gasteiger partial charge in [0, 0.05) is 47.3 Å². The fraction of sp³-hybridized carbons (Fsp3) is 0.250. The van der Waals surface area contributed by atoms with Crippen molar-refractivity contribution < 1.29 is 9.21 Å². The maximum Gasteiger partial charge on any atom is 0.253 e. The highest BCUT2D eigenvalue weighted by atomic mass is 32.1. The molecule has 1 fully saturated rings. The number of amides is 1. The van der Waals surface area contributed by atoms with Crippen molar-refractivity contribution in [3.05, 3.63) is 76.2 Å². The van der Waals surface area contributed by atoms with E-state index in [4.69, 9.17) is 4.42 Å². The fourth-order valence-electron chi connectivity index (χ4n) is 4.00. The minimum atomic E-state index is 0.0546. The zero-order valence-electron chi connectivity index (χ0n) is 17.2. The Balaban J connectivity index is 1.31. The summed E-state index contributed by atoms with van der Waals surface area (Å²) in [5.41, 5.74) is 3.47. The third-order valence-corrected chi connectivity index (χ3v) is 6.63. The van der Waals surface area contributed by atoms with E-state index in [0.717, 1.165) is 47.6 Å². The molecule has 3 heterocycles. The molecule has 0 radical (unpaired) electrons. The largest absolute Gasteiger partial charge is 0.416 e. The molecule has 31 heavy (non-hydrogen) atoms. The minimum absolute atomic E-state index is 0.0546. The van der Waals surface area contributed by atoms with E-state index in [1.54, 1.807) is 11.3 Å². The van der Waals surface area contributed by atoms with Crippen molar-refractivity contribution in [3.8, 4) is 22.9 Å². The van der Waals surface area contributed by atoms with Crippen LogP contribution in [0.15, 0.2) is 64.5 Å². The molecule has 1 aliphatic rings. The lowest BCUT2D eigenvalue weighted by Crippen LogP contribution is -2.39. The van der Waals surface area contributed by atoms with E-state index < -0.39 is 0 Å². The average Bonchev–Trinajstić information content (AvgIpc) is 3.52. The number of thiazole rings is 1. The molecule has 156 valence electrons. The van der Waals surface area contributed by atoms with Gasteiger partial charge in [-0.15, -0.1) is 21.5 Å². The number of carbonyl (C=O) groups excluding carboxylic acids is 1. The van der Waals surface area contributed by atoms with Crippen molar-refractivity contribution >= 4 is 17.2 Å². The van der Waals surface area contributed by atoms with Gasteiger partial charge in [-0.1, -0.05) is 18.2 Å². The molecule has 4 aromatic rings. The Kier molecular flexibility index (Phi) is 5.34. The number of rotatable bonds is 4. The lowest BCUT2D eigenvalue weighted by Gasteiger charge is -2.32. The van der Waals surface area contributed by atoms with Crippen LogP contribution in [-0.2, 0) is 0 Å². The third kappa shape index (κ3) is 4.01. The van der Waals surface area contributed by atoms with E-state index in [2.05, 4.69) is 15.2 Å². The Bertz CT molecular complexity index is 1180. The predicted octanol–water partition coefficient (Wildman–Crippen LogP) is 5.19. The maximum atomic E-state index is 13.0. The van der Waals surface area contributed by atoms with E-state index in [-0.39, 0.29) is 5.91 Å². The zero-order chi connectivity index (χ0) is 21.2. The molecule has 0 saturated carbocycles. The minimum Gasteiger partial charge on any atom is -0.416 e. The Morgan fingerprint density at radius 2 is 1.90 bits per heavy atom. The van der Waals surface area contributed by atoms with Crippen LogP contribution in [-0.4, -0.2) is 39.1 Å². The first-order chi connectivity index (χ1) is 15.2. The van der Waals surface area contributed by atoms with E-state index >= 15 is 0 Å². The molecular weight excluding hydrogens is 408 g/mol. The predicted molar refractivity (Wildman–Crippen MR) is 120 cm³/mol. The quantitative estimate of drug-likeness (QED) is 0.446. The Hall–Kier alpha value is -3.32. The second kappa shape index (κ2) is 8.43. The number of hydrogen-bond acceptors (Lipinski definition) is 6. The van der Waals surface area contributed by atoms with E-state index in [9.17, 15) is 4.79 Å². The molecular formula is C24H22N4O2S. The highest BCUT2D eigenvalue weighted by Gasteiger charge is 2.27. The number of carbonyl (C=O) groups is 1. The van der Waals surface area contributed by atoms with Gasteiger partial charge in [0.1, 0.15) is 0 Å². The summed E-state index contributed by atoms with van der Waals surface area (Å²) in [6.07, 6.45) is 3.91. The summed E-state index contributed by atoms with van der Waals surface area (Å²) in [5, 5.41) is 11.5. The van der Waals surface area contributed by atoms with Gasteiger partial charge in [-0.25, -0.2) is 4.98 Å². The summed E-state index contributed by atoms with van der Waals surface area (Å²) in [6, 6.07) is 15.3. The van der Waals surface area contributed by atoms with Crippen LogP contribution in [0.5, 0.6) is 0 Å². The zero-order valence-corrected chi connectivity index (χ0v) is 18.0. The molecule has 1 unspecified atom stereocenters. The molecule has 6 nitrogen and oxygen atoms in total. The SMILES string of the molecule is Cc1ccccc1-c1nnc(-c2ccc(C(=O)N3CCCC(c4nccs4)C3)cc2)o1. The second-order valence-corrected chi connectivity index (χ2v) is 8.69. The van der Waals surface area contributed by atoms with Crippen LogP contribution in [0.4, 0.5) is 0 Å².